The minimum Gasteiger partial charge on any atom is -0.465 e. The van der Waals surface area contributed by atoms with Gasteiger partial charge in [0.2, 0.25) is 0 Å². The van der Waals surface area contributed by atoms with Gasteiger partial charge in [-0.3, -0.25) is 9.47 Å². The molecule has 0 aliphatic carbocycles. The number of halogens is 2. The summed E-state index contributed by atoms with van der Waals surface area (Å²) in [5, 5.41) is 11.1. The first-order chi connectivity index (χ1) is 13.4. The first-order valence-electron chi connectivity index (χ1n) is 8.76. The molecule has 9 heteroatoms. The lowest BCUT2D eigenvalue weighted by Gasteiger charge is -2.37. The fourth-order valence-corrected chi connectivity index (χ4v) is 4.11. The van der Waals surface area contributed by atoms with Crippen LogP contribution in [0.3, 0.4) is 0 Å². The topological polar surface area (TPSA) is 80.5 Å². The van der Waals surface area contributed by atoms with Crippen LogP contribution < -0.4 is 0 Å². The van der Waals surface area contributed by atoms with E-state index in [4.69, 9.17) is 27.9 Å². The van der Waals surface area contributed by atoms with E-state index in [1.807, 2.05) is 32.0 Å². The van der Waals surface area contributed by atoms with Crippen LogP contribution in [0.2, 0.25) is 10.3 Å². The van der Waals surface area contributed by atoms with Gasteiger partial charge < -0.3 is 9.84 Å². The summed E-state index contributed by atoms with van der Waals surface area (Å²) in [4.78, 5) is 21.4. The van der Waals surface area contributed by atoms with E-state index >= 15 is 0 Å². The summed E-state index contributed by atoms with van der Waals surface area (Å²) in [6, 6.07) is 7.13. The second kappa shape index (κ2) is 7.24. The van der Waals surface area contributed by atoms with Gasteiger partial charge in [0, 0.05) is 5.69 Å². The number of rotatable bonds is 2. The number of amides is 1. The number of ether oxygens (including phenoxy) is 1. The van der Waals surface area contributed by atoms with E-state index in [9.17, 15) is 9.90 Å². The summed E-state index contributed by atoms with van der Waals surface area (Å²) < 4.78 is 7.50. The molecule has 4 rings (SSSR count). The molecule has 1 saturated heterocycles. The summed E-state index contributed by atoms with van der Waals surface area (Å²) in [5.74, 6) is 0. The first kappa shape index (κ1) is 19.0. The van der Waals surface area contributed by atoms with Crippen LogP contribution in [0.25, 0.3) is 16.7 Å². The van der Waals surface area contributed by atoms with Gasteiger partial charge in [-0.2, -0.15) is 0 Å². The van der Waals surface area contributed by atoms with Crippen LogP contribution in [0.15, 0.2) is 30.6 Å². The molecule has 1 N–H and O–H groups in total. The highest BCUT2D eigenvalue weighted by molar-refractivity contribution is 6.36. The number of hydrogen-bond donors (Lipinski definition) is 1. The lowest BCUT2D eigenvalue weighted by atomic mass is 9.98. The Balaban J connectivity index is 1.76. The third-order valence-corrected chi connectivity index (χ3v) is 5.57. The van der Waals surface area contributed by atoms with Crippen molar-refractivity contribution in [2.75, 3.05) is 13.2 Å². The van der Waals surface area contributed by atoms with Crippen molar-refractivity contribution in [3.8, 4) is 5.69 Å². The molecule has 1 fully saturated rings. The monoisotopic (exact) mass is 420 g/mol. The maximum atomic E-state index is 11.7. The number of aromatic nitrogens is 3. The molecule has 0 radical (unpaired) electrons. The van der Waals surface area contributed by atoms with Crippen LogP contribution in [0.4, 0.5) is 4.79 Å². The molecule has 0 unspecified atom stereocenters. The SMILES string of the molecule is Cc1cc(-n2c(Cl)cc3c(Cl)ncnc32)ccc1[C@@H]1CO[C@@H](C)CN1C(=O)O. The van der Waals surface area contributed by atoms with Gasteiger partial charge in [-0.05, 0) is 43.2 Å². The maximum Gasteiger partial charge on any atom is 0.407 e. The van der Waals surface area contributed by atoms with Crippen molar-refractivity contribution in [3.05, 3.63) is 52.0 Å². The summed E-state index contributed by atoms with van der Waals surface area (Å²) in [6.07, 6.45) is 0.320. The van der Waals surface area contributed by atoms with Crippen molar-refractivity contribution in [3.63, 3.8) is 0 Å². The number of carbonyl (C=O) groups is 1. The Morgan fingerprint density at radius 1 is 1.29 bits per heavy atom. The van der Waals surface area contributed by atoms with Crippen molar-refractivity contribution in [2.24, 2.45) is 0 Å². The third kappa shape index (κ3) is 3.19. The van der Waals surface area contributed by atoms with E-state index in [0.717, 1.165) is 16.8 Å². The quantitative estimate of drug-likeness (QED) is 0.618. The Morgan fingerprint density at radius 2 is 2.07 bits per heavy atom. The van der Waals surface area contributed by atoms with E-state index in [0.29, 0.717) is 34.5 Å². The highest BCUT2D eigenvalue weighted by Crippen LogP contribution is 2.33. The highest BCUT2D eigenvalue weighted by Gasteiger charge is 2.32. The number of hydrogen-bond acceptors (Lipinski definition) is 4. The number of fused-ring (bicyclic) bond motifs is 1. The van der Waals surface area contributed by atoms with E-state index in [1.165, 1.54) is 11.2 Å². The van der Waals surface area contributed by atoms with Gasteiger partial charge in [0.1, 0.15) is 16.6 Å². The minimum absolute atomic E-state index is 0.124. The predicted molar refractivity (Wildman–Crippen MR) is 107 cm³/mol. The lowest BCUT2D eigenvalue weighted by molar-refractivity contribution is -0.0466. The molecule has 1 amide bonds. The molecule has 1 aliphatic heterocycles. The van der Waals surface area contributed by atoms with Gasteiger partial charge in [0.05, 0.1) is 30.7 Å². The smallest absolute Gasteiger partial charge is 0.407 e. The summed E-state index contributed by atoms with van der Waals surface area (Å²) in [7, 11) is 0. The standard InChI is InChI=1S/C19H18Cl2N4O3/c1-10-5-12(25-16(20)6-14-17(21)22-9-23-18(14)25)3-4-13(10)15-8-28-11(2)7-24(15)19(26)27/h3-6,9,11,15H,7-8H2,1-2H3,(H,26,27)/t11-,15-/m0/s1. The van der Waals surface area contributed by atoms with Crippen molar-refractivity contribution >= 4 is 40.3 Å². The van der Waals surface area contributed by atoms with E-state index < -0.39 is 6.09 Å². The van der Waals surface area contributed by atoms with E-state index in [-0.39, 0.29) is 12.1 Å². The van der Waals surface area contributed by atoms with E-state index in [2.05, 4.69) is 9.97 Å². The first-order valence-corrected chi connectivity index (χ1v) is 9.52. The molecule has 3 heterocycles. The summed E-state index contributed by atoms with van der Waals surface area (Å²) in [6.45, 7) is 4.47. The predicted octanol–water partition coefficient (Wildman–Crippen LogP) is 4.48. The Hall–Kier alpha value is -2.35. The van der Waals surface area contributed by atoms with Gasteiger partial charge in [-0.1, -0.05) is 29.3 Å². The Bertz CT molecular complexity index is 1070. The second-order valence-electron chi connectivity index (χ2n) is 6.84. The number of carboxylic acid groups (broad SMARTS) is 1. The molecule has 28 heavy (non-hydrogen) atoms. The normalized spacial score (nSPS) is 19.9. The van der Waals surface area contributed by atoms with Crippen LogP contribution in [-0.2, 0) is 4.74 Å². The van der Waals surface area contributed by atoms with Gasteiger partial charge in [-0.25, -0.2) is 14.8 Å². The molecule has 7 nitrogen and oxygen atoms in total. The van der Waals surface area contributed by atoms with Crippen LogP contribution in [-0.4, -0.2) is 49.9 Å². The molecule has 0 saturated carbocycles. The Morgan fingerprint density at radius 3 is 2.79 bits per heavy atom. The number of nitrogens with zero attached hydrogens (tertiary/aromatic N) is 4. The van der Waals surface area contributed by atoms with Crippen molar-refractivity contribution in [1.29, 1.82) is 0 Å². The number of benzene rings is 1. The largest absolute Gasteiger partial charge is 0.465 e. The van der Waals surface area contributed by atoms with Gasteiger partial charge in [0.25, 0.3) is 0 Å². The van der Waals surface area contributed by atoms with Crippen LogP contribution in [0, 0.1) is 6.92 Å². The van der Waals surface area contributed by atoms with Gasteiger partial charge in [-0.15, -0.1) is 0 Å². The molecule has 1 aliphatic rings. The van der Waals surface area contributed by atoms with Crippen LogP contribution in [0.5, 0.6) is 0 Å². The fraction of sp³-hybridized carbons (Fsp3) is 0.316. The molecular weight excluding hydrogens is 403 g/mol. The second-order valence-corrected chi connectivity index (χ2v) is 7.59. The number of morpholine rings is 1. The lowest BCUT2D eigenvalue weighted by Crippen LogP contribution is -2.46. The average Bonchev–Trinajstić information content (AvgIpc) is 2.99. The summed E-state index contributed by atoms with van der Waals surface area (Å²) >= 11 is 12.6. The Kier molecular flexibility index (Phi) is 4.91. The molecule has 2 atom stereocenters. The minimum atomic E-state index is -0.950. The molecule has 2 aromatic heterocycles. The highest BCUT2D eigenvalue weighted by atomic mass is 35.5. The zero-order valence-electron chi connectivity index (χ0n) is 15.3. The molecule has 3 aromatic rings. The van der Waals surface area contributed by atoms with Gasteiger partial charge >= 0.3 is 6.09 Å². The maximum absolute atomic E-state index is 11.7. The van der Waals surface area contributed by atoms with Crippen LogP contribution >= 0.6 is 23.2 Å². The molecule has 0 spiro atoms. The number of aryl methyl sites for hydroxylation is 1. The zero-order valence-corrected chi connectivity index (χ0v) is 16.8. The average molecular weight is 421 g/mol. The fourth-order valence-electron chi connectivity index (χ4n) is 3.64. The van der Waals surface area contributed by atoms with E-state index in [1.54, 1.807) is 10.6 Å². The zero-order chi connectivity index (χ0) is 20.0. The molecule has 1 aromatic carbocycles. The third-order valence-electron chi connectivity index (χ3n) is 4.99. The van der Waals surface area contributed by atoms with Crippen molar-refractivity contribution < 1.29 is 14.6 Å². The molecule has 146 valence electrons. The van der Waals surface area contributed by atoms with Crippen molar-refractivity contribution in [1.82, 2.24) is 19.4 Å². The summed E-state index contributed by atoms with van der Waals surface area (Å²) in [5.41, 5.74) is 3.25. The Labute approximate surface area is 171 Å². The van der Waals surface area contributed by atoms with Gasteiger partial charge in [0.15, 0.2) is 5.65 Å². The molecule has 0 bridgehead atoms. The van der Waals surface area contributed by atoms with Crippen molar-refractivity contribution in [2.45, 2.75) is 26.0 Å². The van der Waals surface area contributed by atoms with Crippen LogP contribution in [0.1, 0.15) is 24.1 Å². The molecular formula is C19H18Cl2N4O3.